The van der Waals surface area contributed by atoms with Crippen LogP contribution in [0.15, 0.2) is 6.07 Å². The number of rotatable bonds is 4. The summed E-state index contributed by atoms with van der Waals surface area (Å²) in [4.78, 5) is 12.7. The summed E-state index contributed by atoms with van der Waals surface area (Å²) in [6, 6.07) is 2.26. The van der Waals surface area contributed by atoms with Crippen molar-refractivity contribution in [1.29, 1.82) is 0 Å². The lowest BCUT2D eigenvalue weighted by atomic mass is 9.95. The summed E-state index contributed by atoms with van der Waals surface area (Å²) in [6.07, 6.45) is 3.17. The van der Waals surface area contributed by atoms with Crippen LogP contribution in [0.3, 0.4) is 0 Å². The van der Waals surface area contributed by atoms with Crippen LogP contribution in [0, 0.1) is 20.8 Å². The van der Waals surface area contributed by atoms with E-state index < -0.39 is 12.1 Å². The highest BCUT2D eigenvalue weighted by molar-refractivity contribution is 6.06. The Morgan fingerprint density at radius 1 is 1.28 bits per heavy atom. The van der Waals surface area contributed by atoms with Crippen LogP contribution < -0.4 is 5.32 Å². The zero-order chi connectivity index (χ0) is 18.1. The van der Waals surface area contributed by atoms with Crippen LogP contribution in [-0.2, 0) is 0 Å². The van der Waals surface area contributed by atoms with Crippen LogP contribution in [0.2, 0.25) is 0 Å². The van der Waals surface area contributed by atoms with E-state index in [1.54, 1.807) is 6.92 Å². The molecule has 0 aliphatic heterocycles. The second-order valence-corrected chi connectivity index (χ2v) is 6.81. The first-order valence-electron chi connectivity index (χ1n) is 8.73. The molecule has 2 aromatic rings. The van der Waals surface area contributed by atoms with Gasteiger partial charge in [0.05, 0.1) is 16.9 Å². The SMILES string of the molecule is Cc1[nH]nc(C(F)F)c1NC(=O)c1cc(C)n(C2CCCCC2)c1C. The molecule has 0 bridgehead atoms. The third-order valence-electron chi connectivity index (χ3n) is 5.09. The maximum absolute atomic E-state index is 13.0. The zero-order valence-electron chi connectivity index (χ0n) is 14.8. The van der Waals surface area contributed by atoms with Gasteiger partial charge in [0.1, 0.15) is 0 Å². The van der Waals surface area contributed by atoms with Gasteiger partial charge in [-0.05, 0) is 39.7 Å². The van der Waals surface area contributed by atoms with Crippen molar-refractivity contribution in [3.63, 3.8) is 0 Å². The number of nitrogens with one attached hydrogen (secondary N) is 2. The third-order valence-corrected chi connectivity index (χ3v) is 5.09. The average Bonchev–Trinajstić information content (AvgIpc) is 3.08. The van der Waals surface area contributed by atoms with Gasteiger partial charge in [-0.1, -0.05) is 19.3 Å². The van der Waals surface area contributed by atoms with Crippen LogP contribution in [0.25, 0.3) is 0 Å². The smallest absolute Gasteiger partial charge is 0.284 e. The Morgan fingerprint density at radius 3 is 2.60 bits per heavy atom. The fraction of sp³-hybridized carbons (Fsp3) is 0.556. The molecule has 1 aliphatic rings. The minimum Gasteiger partial charge on any atom is -0.345 e. The fourth-order valence-corrected chi connectivity index (χ4v) is 3.85. The number of aromatic nitrogens is 3. The van der Waals surface area contributed by atoms with Crippen molar-refractivity contribution in [1.82, 2.24) is 14.8 Å². The van der Waals surface area contributed by atoms with E-state index in [1.165, 1.54) is 19.3 Å². The molecule has 0 saturated heterocycles. The van der Waals surface area contributed by atoms with Gasteiger partial charge in [0, 0.05) is 17.4 Å². The molecule has 1 amide bonds. The van der Waals surface area contributed by atoms with Gasteiger partial charge in [0.2, 0.25) is 0 Å². The second kappa shape index (κ2) is 6.98. The number of hydrogen-bond donors (Lipinski definition) is 2. The van der Waals surface area contributed by atoms with Crippen molar-refractivity contribution in [2.45, 2.75) is 65.3 Å². The number of aromatic amines is 1. The maximum atomic E-state index is 13.0. The van der Waals surface area contributed by atoms with Gasteiger partial charge in [0.15, 0.2) is 5.69 Å². The van der Waals surface area contributed by atoms with E-state index in [0.29, 0.717) is 17.3 Å². The molecule has 0 atom stereocenters. The summed E-state index contributed by atoms with van der Waals surface area (Å²) in [5.74, 6) is -0.374. The Kier molecular flexibility index (Phi) is 4.92. The Bertz CT molecular complexity index is 772. The van der Waals surface area contributed by atoms with E-state index in [4.69, 9.17) is 0 Å². The zero-order valence-corrected chi connectivity index (χ0v) is 14.8. The number of amides is 1. The molecule has 2 heterocycles. The lowest BCUT2D eigenvalue weighted by molar-refractivity contribution is 0.102. The van der Waals surface area contributed by atoms with Crippen LogP contribution in [0.1, 0.15) is 77.7 Å². The largest absolute Gasteiger partial charge is 0.345 e. The van der Waals surface area contributed by atoms with Crippen molar-refractivity contribution in [2.75, 3.05) is 5.32 Å². The number of hydrogen-bond acceptors (Lipinski definition) is 2. The van der Waals surface area contributed by atoms with Crippen molar-refractivity contribution < 1.29 is 13.6 Å². The Balaban J connectivity index is 1.87. The normalized spacial score (nSPS) is 15.8. The molecule has 5 nitrogen and oxygen atoms in total. The van der Waals surface area contributed by atoms with E-state index in [9.17, 15) is 13.6 Å². The Labute approximate surface area is 145 Å². The third kappa shape index (κ3) is 3.32. The van der Waals surface area contributed by atoms with Gasteiger partial charge in [0.25, 0.3) is 12.3 Å². The summed E-state index contributed by atoms with van der Waals surface area (Å²) in [5, 5.41) is 8.71. The molecule has 25 heavy (non-hydrogen) atoms. The lowest BCUT2D eigenvalue weighted by Crippen LogP contribution is -2.18. The quantitative estimate of drug-likeness (QED) is 0.829. The molecule has 1 fully saturated rings. The molecule has 0 spiro atoms. The van der Waals surface area contributed by atoms with E-state index in [-0.39, 0.29) is 11.6 Å². The van der Waals surface area contributed by atoms with E-state index >= 15 is 0 Å². The highest BCUT2D eigenvalue weighted by Crippen LogP contribution is 2.33. The standard InChI is InChI=1S/C18H24F2N4O/c1-10-9-14(12(3)24(10)13-7-5-4-6-8-13)18(25)21-15-11(2)22-23-16(15)17(19)20/h9,13,17H,4-8H2,1-3H3,(H,21,25)(H,22,23). The summed E-state index contributed by atoms with van der Waals surface area (Å²) in [5.41, 5.74) is 2.53. The van der Waals surface area contributed by atoms with Crippen LogP contribution in [0.5, 0.6) is 0 Å². The number of alkyl halides is 2. The number of halogens is 2. The molecule has 1 aliphatic carbocycles. The van der Waals surface area contributed by atoms with Crippen molar-refractivity contribution in [2.24, 2.45) is 0 Å². The molecule has 7 heteroatoms. The number of anilines is 1. The summed E-state index contributed by atoms with van der Waals surface area (Å²) >= 11 is 0. The minimum atomic E-state index is -2.74. The monoisotopic (exact) mass is 350 g/mol. The highest BCUT2D eigenvalue weighted by atomic mass is 19.3. The number of carbonyl (C=O) groups excluding carboxylic acids is 1. The molecule has 2 N–H and O–H groups in total. The van der Waals surface area contributed by atoms with Crippen molar-refractivity contribution in [3.05, 3.63) is 34.4 Å². The predicted octanol–water partition coefficient (Wildman–Crippen LogP) is 4.83. The number of nitrogens with zero attached hydrogens (tertiary/aromatic N) is 2. The first-order chi connectivity index (χ1) is 11.9. The number of carbonyl (C=O) groups is 1. The van der Waals surface area contributed by atoms with Gasteiger partial charge in [-0.25, -0.2) is 8.78 Å². The summed E-state index contributed by atoms with van der Waals surface area (Å²) in [7, 11) is 0. The predicted molar refractivity (Wildman–Crippen MR) is 92.3 cm³/mol. The Hall–Kier alpha value is -2.18. The molecule has 1 saturated carbocycles. The summed E-state index contributed by atoms with van der Waals surface area (Å²) in [6.45, 7) is 5.53. The first-order valence-corrected chi connectivity index (χ1v) is 8.73. The molecule has 0 unspecified atom stereocenters. The fourth-order valence-electron chi connectivity index (χ4n) is 3.85. The molecular formula is C18H24F2N4O. The molecule has 0 radical (unpaired) electrons. The summed E-state index contributed by atoms with van der Waals surface area (Å²) < 4.78 is 28.3. The van der Waals surface area contributed by atoms with E-state index in [1.807, 2.05) is 19.9 Å². The van der Waals surface area contributed by atoms with Crippen LogP contribution in [0.4, 0.5) is 14.5 Å². The second-order valence-electron chi connectivity index (χ2n) is 6.81. The van der Waals surface area contributed by atoms with Crippen molar-refractivity contribution >= 4 is 11.6 Å². The average molecular weight is 350 g/mol. The number of H-pyrrole nitrogens is 1. The maximum Gasteiger partial charge on any atom is 0.284 e. The van der Waals surface area contributed by atoms with Gasteiger partial charge in [-0.15, -0.1) is 0 Å². The van der Waals surface area contributed by atoms with Gasteiger partial charge in [-0.3, -0.25) is 9.89 Å². The lowest BCUT2D eigenvalue weighted by Gasteiger charge is -2.26. The first kappa shape index (κ1) is 17.6. The molecule has 136 valence electrons. The van der Waals surface area contributed by atoms with Gasteiger partial charge < -0.3 is 9.88 Å². The van der Waals surface area contributed by atoms with E-state index in [2.05, 4.69) is 20.1 Å². The van der Waals surface area contributed by atoms with Gasteiger partial charge in [-0.2, -0.15) is 5.10 Å². The minimum absolute atomic E-state index is 0.0717. The molecule has 2 aromatic heterocycles. The molecule has 3 rings (SSSR count). The molecular weight excluding hydrogens is 326 g/mol. The Morgan fingerprint density at radius 2 is 1.96 bits per heavy atom. The molecule has 0 aromatic carbocycles. The van der Waals surface area contributed by atoms with Gasteiger partial charge >= 0.3 is 0 Å². The topological polar surface area (TPSA) is 62.7 Å². The highest BCUT2D eigenvalue weighted by Gasteiger charge is 2.25. The van der Waals surface area contributed by atoms with Crippen LogP contribution >= 0.6 is 0 Å². The van der Waals surface area contributed by atoms with Crippen LogP contribution in [-0.4, -0.2) is 20.7 Å². The van der Waals surface area contributed by atoms with Crippen molar-refractivity contribution in [3.8, 4) is 0 Å². The van der Waals surface area contributed by atoms with E-state index in [0.717, 1.165) is 24.2 Å². The number of aryl methyl sites for hydroxylation is 2.